The minimum atomic E-state index is -4.53. The van der Waals surface area contributed by atoms with Crippen LogP contribution in [-0.4, -0.2) is 11.7 Å². The van der Waals surface area contributed by atoms with Gasteiger partial charge in [-0.25, -0.2) is 0 Å². The van der Waals surface area contributed by atoms with Crippen LogP contribution in [0.4, 0.5) is 18.9 Å². The molecule has 2 aromatic carbocycles. The number of benzene rings is 2. The van der Waals surface area contributed by atoms with Gasteiger partial charge in [-0.1, -0.05) is 23.7 Å². The summed E-state index contributed by atoms with van der Waals surface area (Å²) < 4.78 is 38.6. The Labute approximate surface area is 127 Å². The number of carbonyl (C=O) groups is 2. The van der Waals surface area contributed by atoms with Crippen LogP contribution in [0.1, 0.15) is 15.9 Å². The molecular weight excluding hydrogens is 319 g/mol. The van der Waals surface area contributed by atoms with Gasteiger partial charge < -0.3 is 5.32 Å². The molecule has 1 heterocycles. The van der Waals surface area contributed by atoms with E-state index < -0.39 is 23.4 Å². The molecule has 0 saturated heterocycles. The third-order valence-corrected chi connectivity index (χ3v) is 3.66. The van der Waals surface area contributed by atoms with Gasteiger partial charge in [-0.2, -0.15) is 13.2 Å². The molecule has 0 unspecified atom stereocenters. The monoisotopic (exact) mass is 325 g/mol. The van der Waals surface area contributed by atoms with Crippen LogP contribution in [-0.2, 0) is 11.0 Å². The molecule has 3 rings (SSSR count). The van der Waals surface area contributed by atoms with Gasteiger partial charge in [0.25, 0.3) is 11.7 Å². The van der Waals surface area contributed by atoms with Crippen molar-refractivity contribution in [3.8, 4) is 11.1 Å². The third kappa shape index (κ3) is 2.25. The summed E-state index contributed by atoms with van der Waals surface area (Å²) in [4.78, 5) is 23.4. The summed E-state index contributed by atoms with van der Waals surface area (Å²) in [5, 5.41) is 2.43. The van der Waals surface area contributed by atoms with E-state index in [0.29, 0.717) is 0 Å². The molecule has 7 heteroatoms. The molecule has 2 aromatic rings. The first-order chi connectivity index (χ1) is 10.3. The molecule has 0 saturated carbocycles. The summed E-state index contributed by atoms with van der Waals surface area (Å²) in [5.41, 5.74) is -0.334. The van der Waals surface area contributed by atoms with Crippen molar-refractivity contribution in [1.82, 2.24) is 0 Å². The topological polar surface area (TPSA) is 46.2 Å². The molecule has 0 spiro atoms. The fourth-order valence-corrected chi connectivity index (χ4v) is 2.55. The molecule has 1 amide bonds. The second kappa shape index (κ2) is 4.84. The Kier molecular flexibility index (Phi) is 3.21. The lowest BCUT2D eigenvalue weighted by atomic mass is 9.95. The number of hydrogen-bond donors (Lipinski definition) is 1. The Bertz CT molecular complexity index is 815. The molecule has 22 heavy (non-hydrogen) atoms. The maximum atomic E-state index is 12.9. The summed E-state index contributed by atoms with van der Waals surface area (Å²) in [6, 6.07) is 7.34. The van der Waals surface area contributed by atoms with Gasteiger partial charge in [0.2, 0.25) is 0 Å². The van der Waals surface area contributed by atoms with Crippen molar-refractivity contribution in [2.75, 3.05) is 5.32 Å². The van der Waals surface area contributed by atoms with Gasteiger partial charge in [-0.3, -0.25) is 9.59 Å². The highest BCUT2D eigenvalue weighted by molar-refractivity contribution is 6.53. The van der Waals surface area contributed by atoms with Crippen LogP contribution in [0.15, 0.2) is 36.4 Å². The molecule has 0 bridgehead atoms. The normalized spacial score (nSPS) is 14.0. The van der Waals surface area contributed by atoms with E-state index in [9.17, 15) is 22.8 Å². The van der Waals surface area contributed by atoms with Crippen molar-refractivity contribution in [2.45, 2.75) is 6.18 Å². The van der Waals surface area contributed by atoms with Crippen LogP contribution in [0.25, 0.3) is 11.1 Å². The zero-order chi connectivity index (χ0) is 16.1. The molecule has 112 valence electrons. The van der Waals surface area contributed by atoms with Gasteiger partial charge in [0.05, 0.1) is 16.8 Å². The number of rotatable bonds is 1. The first kappa shape index (κ1) is 14.6. The summed E-state index contributed by atoms with van der Waals surface area (Å²) >= 11 is 5.98. The number of fused-ring (bicyclic) bond motifs is 1. The predicted molar refractivity (Wildman–Crippen MR) is 74.9 cm³/mol. The zero-order valence-corrected chi connectivity index (χ0v) is 11.5. The van der Waals surface area contributed by atoms with E-state index in [1.54, 1.807) is 0 Å². The van der Waals surface area contributed by atoms with Gasteiger partial charge in [-0.15, -0.1) is 0 Å². The van der Waals surface area contributed by atoms with Gasteiger partial charge in [0.15, 0.2) is 0 Å². The molecule has 0 fully saturated rings. The Morgan fingerprint density at radius 2 is 1.73 bits per heavy atom. The number of Topliss-reactive ketones (excluding diaryl/α,β-unsaturated/α-hetero) is 1. The fraction of sp³-hybridized carbons (Fsp3) is 0.0667. The van der Waals surface area contributed by atoms with Gasteiger partial charge in [-0.05, 0) is 29.8 Å². The smallest absolute Gasteiger partial charge is 0.318 e. The van der Waals surface area contributed by atoms with Crippen molar-refractivity contribution >= 4 is 29.0 Å². The summed E-state index contributed by atoms with van der Waals surface area (Å²) in [6.45, 7) is 0. The van der Waals surface area contributed by atoms with Crippen LogP contribution in [0, 0.1) is 0 Å². The summed E-state index contributed by atoms with van der Waals surface area (Å²) in [5.74, 6) is -1.61. The maximum Gasteiger partial charge on any atom is 0.416 e. The van der Waals surface area contributed by atoms with Crippen LogP contribution < -0.4 is 5.32 Å². The molecule has 1 N–H and O–H groups in total. The quantitative estimate of drug-likeness (QED) is 0.800. The molecule has 3 nitrogen and oxygen atoms in total. The lowest BCUT2D eigenvalue weighted by Crippen LogP contribution is -2.13. The second-order valence-corrected chi connectivity index (χ2v) is 5.11. The number of halogens is 4. The number of alkyl halides is 3. The first-order valence-corrected chi connectivity index (χ1v) is 6.52. The number of anilines is 1. The molecule has 1 aliphatic rings. The van der Waals surface area contributed by atoms with E-state index in [1.165, 1.54) is 18.2 Å². The van der Waals surface area contributed by atoms with E-state index in [1.807, 2.05) is 0 Å². The van der Waals surface area contributed by atoms with Crippen LogP contribution >= 0.6 is 11.6 Å². The van der Waals surface area contributed by atoms with Crippen LogP contribution in [0.2, 0.25) is 5.02 Å². The zero-order valence-electron chi connectivity index (χ0n) is 10.8. The summed E-state index contributed by atoms with van der Waals surface area (Å²) in [6.07, 6.45) is -4.53. The molecule has 0 aliphatic carbocycles. The lowest BCUT2D eigenvalue weighted by molar-refractivity contribution is -0.137. The third-order valence-electron chi connectivity index (χ3n) is 3.33. The van der Waals surface area contributed by atoms with E-state index in [2.05, 4.69) is 5.32 Å². The largest absolute Gasteiger partial charge is 0.416 e. The number of ketones is 1. The van der Waals surface area contributed by atoms with Crippen LogP contribution in [0.3, 0.4) is 0 Å². The minimum absolute atomic E-state index is 0.0359. The number of nitrogens with one attached hydrogen (secondary N) is 1. The summed E-state index contributed by atoms with van der Waals surface area (Å²) in [7, 11) is 0. The van der Waals surface area contributed by atoms with E-state index in [-0.39, 0.29) is 27.4 Å². The standard InChI is InChI=1S/C15H7ClF3NO2/c16-10-5-4-7(15(17,18)19)6-9(10)8-2-1-3-11-12(8)13(21)14(22)20-11/h1-6H,(H,20,21,22). The van der Waals surface area contributed by atoms with Gasteiger partial charge >= 0.3 is 6.18 Å². The van der Waals surface area contributed by atoms with Crippen molar-refractivity contribution in [2.24, 2.45) is 0 Å². The Morgan fingerprint density at radius 3 is 2.41 bits per heavy atom. The number of carbonyl (C=O) groups excluding carboxylic acids is 2. The van der Waals surface area contributed by atoms with Gasteiger partial charge in [0.1, 0.15) is 0 Å². The Balaban J connectivity index is 2.24. The van der Waals surface area contributed by atoms with Crippen molar-refractivity contribution in [1.29, 1.82) is 0 Å². The highest BCUT2D eigenvalue weighted by Gasteiger charge is 2.34. The van der Waals surface area contributed by atoms with Gasteiger partial charge in [0, 0.05) is 10.6 Å². The SMILES string of the molecule is O=C1Nc2cccc(-c3cc(C(F)(F)F)ccc3Cl)c2C1=O. The predicted octanol–water partition coefficient (Wildman–Crippen LogP) is 4.16. The van der Waals surface area contributed by atoms with E-state index in [0.717, 1.165) is 18.2 Å². The number of hydrogen-bond acceptors (Lipinski definition) is 2. The average molecular weight is 326 g/mol. The van der Waals surface area contributed by atoms with E-state index in [4.69, 9.17) is 11.6 Å². The lowest BCUT2D eigenvalue weighted by Gasteiger charge is -2.12. The fourth-order valence-electron chi connectivity index (χ4n) is 2.33. The van der Waals surface area contributed by atoms with Crippen LogP contribution in [0.5, 0.6) is 0 Å². The Hall–Kier alpha value is -2.34. The highest BCUT2D eigenvalue weighted by atomic mass is 35.5. The molecule has 0 radical (unpaired) electrons. The minimum Gasteiger partial charge on any atom is -0.318 e. The molecule has 0 aromatic heterocycles. The number of amides is 1. The maximum absolute atomic E-state index is 12.9. The van der Waals surface area contributed by atoms with Crippen molar-refractivity contribution in [3.05, 3.63) is 52.5 Å². The molecule has 0 atom stereocenters. The van der Waals surface area contributed by atoms with Crippen molar-refractivity contribution < 1.29 is 22.8 Å². The van der Waals surface area contributed by atoms with E-state index >= 15 is 0 Å². The first-order valence-electron chi connectivity index (χ1n) is 6.15. The Morgan fingerprint density at radius 1 is 1.00 bits per heavy atom. The van der Waals surface area contributed by atoms with Crippen molar-refractivity contribution in [3.63, 3.8) is 0 Å². The molecular formula is C15H7ClF3NO2. The average Bonchev–Trinajstić information content (AvgIpc) is 2.73. The highest BCUT2D eigenvalue weighted by Crippen LogP contribution is 2.39. The molecule has 1 aliphatic heterocycles. The second-order valence-electron chi connectivity index (χ2n) is 4.70.